The van der Waals surface area contributed by atoms with Crippen LogP contribution in [-0.2, 0) is 19.4 Å². The number of hydrogen-bond acceptors (Lipinski definition) is 3. The number of benzene rings is 2. The summed E-state index contributed by atoms with van der Waals surface area (Å²) in [6.45, 7) is 2.55. The molecule has 2 aromatic heterocycles. The molecule has 1 aliphatic carbocycles. The SMILES string of the molecule is Cc1ccc(NC(=O)N2Cc3c(sc4c3CCCC4)-n3cccc3C2c2ccc(N(C)C)cc2)c(Cl)c1. The number of carbonyl (C=O) groups is 1. The molecule has 1 aliphatic heterocycles. The van der Waals surface area contributed by atoms with E-state index in [9.17, 15) is 4.79 Å². The number of aromatic nitrogens is 1. The Morgan fingerprint density at radius 3 is 2.59 bits per heavy atom. The lowest BCUT2D eigenvalue weighted by atomic mass is 9.95. The van der Waals surface area contributed by atoms with Gasteiger partial charge < -0.3 is 19.7 Å². The van der Waals surface area contributed by atoms with Crippen LogP contribution in [0, 0.1) is 6.92 Å². The van der Waals surface area contributed by atoms with Crippen molar-refractivity contribution in [3.63, 3.8) is 0 Å². The summed E-state index contributed by atoms with van der Waals surface area (Å²) in [6.07, 6.45) is 6.80. The van der Waals surface area contributed by atoms with Gasteiger partial charge in [0.1, 0.15) is 5.00 Å². The highest BCUT2D eigenvalue weighted by molar-refractivity contribution is 7.15. The lowest BCUT2D eigenvalue weighted by Crippen LogP contribution is -2.38. The lowest BCUT2D eigenvalue weighted by Gasteiger charge is -2.32. The summed E-state index contributed by atoms with van der Waals surface area (Å²) in [5.74, 6) is 0. The molecule has 0 bridgehead atoms. The number of hydrogen-bond donors (Lipinski definition) is 1. The number of halogens is 1. The Morgan fingerprint density at radius 1 is 1.05 bits per heavy atom. The van der Waals surface area contributed by atoms with Gasteiger partial charge in [-0.25, -0.2) is 4.79 Å². The molecule has 0 fully saturated rings. The average molecular weight is 531 g/mol. The van der Waals surface area contributed by atoms with Crippen LogP contribution in [0.4, 0.5) is 16.2 Å². The lowest BCUT2D eigenvalue weighted by molar-refractivity contribution is 0.194. The summed E-state index contributed by atoms with van der Waals surface area (Å²) in [5.41, 5.74) is 7.73. The zero-order valence-corrected chi connectivity index (χ0v) is 23.0. The molecule has 2 aliphatic rings. The summed E-state index contributed by atoms with van der Waals surface area (Å²) in [7, 11) is 4.08. The van der Waals surface area contributed by atoms with Crippen molar-refractivity contribution in [1.82, 2.24) is 9.47 Å². The molecule has 3 heterocycles. The third kappa shape index (κ3) is 4.32. The van der Waals surface area contributed by atoms with Crippen LogP contribution in [0.25, 0.3) is 5.00 Å². The molecule has 2 aromatic carbocycles. The molecule has 2 amide bonds. The molecular weight excluding hydrogens is 500 g/mol. The normalized spacial score (nSPS) is 16.4. The van der Waals surface area contributed by atoms with Gasteiger partial charge in [-0.05, 0) is 85.7 Å². The van der Waals surface area contributed by atoms with E-state index in [1.54, 1.807) is 0 Å². The third-order valence-corrected chi connectivity index (χ3v) is 9.18. The number of anilines is 2. The van der Waals surface area contributed by atoms with E-state index < -0.39 is 0 Å². The Hall–Kier alpha value is -3.22. The highest BCUT2D eigenvalue weighted by Crippen LogP contribution is 2.44. The highest BCUT2D eigenvalue weighted by Gasteiger charge is 2.36. The maximum absolute atomic E-state index is 14.1. The molecule has 37 heavy (non-hydrogen) atoms. The maximum atomic E-state index is 14.1. The van der Waals surface area contributed by atoms with Gasteiger partial charge in [0.05, 0.1) is 29.0 Å². The van der Waals surface area contributed by atoms with Crippen molar-refractivity contribution in [2.75, 3.05) is 24.3 Å². The first-order valence-electron chi connectivity index (χ1n) is 12.8. The van der Waals surface area contributed by atoms with E-state index >= 15 is 0 Å². The topological polar surface area (TPSA) is 40.5 Å². The molecule has 0 saturated heterocycles. The van der Waals surface area contributed by atoms with Crippen LogP contribution in [0.1, 0.15) is 51.7 Å². The van der Waals surface area contributed by atoms with Gasteiger partial charge in [0.2, 0.25) is 0 Å². The zero-order chi connectivity index (χ0) is 25.7. The van der Waals surface area contributed by atoms with E-state index in [-0.39, 0.29) is 12.1 Å². The Morgan fingerprint density at radius 2 is 1.84 bits per heavy atom. The molecule has 0 saturated carbocycles. The van der Waals surface area contributed by atoms with Gasteiger partial charge in [-0.1, -0.05) is 29.8 Å². The molecule has 1 N–H and O–H groups in total. The molecule has 4 aromatic rings. The van der Waals surface area contributed by atoms with Gasteiger partial charge >= 0.3 is 6.03 Å². The zero-order valence-electron chi connectivity index (χ0n) is 21.4. The van der Waals surface area contributed by atoms with E-state index in [1.165, 1.54) is 33.8 Å². The summed E-state index contributed by atoms with van der Waals surface area (Å²) in [6, 6.07) is 18.1. The quantitative estimate of drug-likeness (QED) is 0.296. The maximum Gasteiger partial charge on any atom is 0.323 e. The molecule has 7 heteroatoms. The van der Waals surface area contributed by atoms with Crippen LogP contribution < -0.4 is 10.2 Å². The smallest absolute Gasteiger partial charge is 0.323 e. The molecule has 0 spiro atoms. The van der Waals surface area contributed by atoms with Crippen LogP contribution in [0.3, 0.4) is 0 Å². The number of urea groups is 1. The summed E-state index contributed by atoms with van der Waals surface area (Å²) in [5, 5.41) is 4.93. The fourth-order valence-corrected chi connectivity index (χ4v) is 7.29. The number of rotatable bonds is 3. The van der Waals surface area contributed by atoms with Crippen molar-refractivity contribution in [3.8, 4) is 5.00 Å². The number of fused-ring (bicyclic) bond motifs is 5. The molecule has 6 rings (SSSR count). The highest BCUT2D eigenvalue weighted by atomic mass is 35.5. The summed E-state index contributed by atoms with van der Waals surface area (Å²) < 4.78 is 2.31. The van der Waals surface area contributed by atoms with E-state index in [0.717, 1.165) is 35.3 Å². The van der Waals surface area contributed by atoms with Crippen molar-refractivity contribution >= 4 is 40.3 Å². The molecular formula is C30H31ClN4OS. The van der Waals surface area contributed by atoms with E-state index in [1.807, 2.05) is 55.5 Å². The predicted molar refractivity (Wildman–Crippen MR) is 154 cm³/mol. The van der Waals surface area contributed by atoms with E-state index in [4.69, 9.17) is 11.6 Å². The van der Waals surface area contributed by atoms with Crippen LogP contribution in [0.15, 0.2) is 60.8 Å². The van der Waals surface area contributed by atoms with Crippen molar-refractivity contribution in [2.24, 2.45) is 0 Å². The average Bonchev–Trinajstić information content (AvgIpc) is 3.47. The molecule has 1 unspecified atom stereocenters. The Bertz CT molecular complexity index is 1470. The van der Waals surface area contributed by atoms with Gasteiger partial charge in [-0.2, -0.15) is 0 Å². The van der Waals surface area contributed by atoms with Gasteiger partial charge in [0, 0.05) is 36.4 Å². The molecule has 5 nitrogen and oxygen atoms in total. The first-order chi connectivity index (χ1) is 17.9. The minimum Gasteiger partial charge on any atom is -0.378 e. The van der Waals surface area contributed by atoms with Crippen LogP contribution in [0.5, 0.6) is 0 Å². The third-order valence-electron chi connectivity index (χ3n) is 7.53. The van der Waals surface area contributed by atoms with Gasteiger partial charge in [-0.15, -0.1) is 11.3 Å². The van der Waals surface area contributed by atoms with Gasteiger partial charge in [0.15, 0.2) is 0 Å². The summed E-state index contributed by atoms with van der Waals surface area (Å²) >= 11 is 8.43. The van der Waals surface area contributed by atoms with Crippen molar-refractivity contribution in [3.05, 3.63) is 98.6 Å². The fourth-order valence-electron chi connectivity index (χ4n) is 5.60. The minimum absolute atomic E-state index is 0.149. The first-order valence-corrected chi connectivity index (χ1v) is 14.0. The predicted octanol–water partition coefficient (Wildman–Crippen LogP) is 7.58. The number of thiophene rings is 1. The number of amides is 2. The largest absolute Gasteiger partial charge is 0.378 e. The fraction of sp³-hybridized carbons (Fsp3) is 0.300. The monoisotopic (exact) mass is 530 g/mol. The minimum atomic E-state index is -0.241. The second kappa shape index (κ2) is 9.58. The number of nitrogens with one attached hydrogen (secondary N) is 1. The van der Waals surface area contributed by atoms with Gasteiger partial charge in [-0.3, -0.25) is 0 Å². The Labute approximate surface area is 227 Å². The second-order valence-electron chi connectivity index (χ2n) is 10.2. The number of carbonyl (C=O) groups excluding carboxylic acids is 1. The van der Waals surface area contributed by atoms with Crippen molar-refractivity contribution in [2.45, 2.75) is 45.2 Å². The standard InChI is InChI=1S/C30H31ClN4OS/c1-19-10-15-25(24(31)17-19)32-30(36)35-18-23-22-7-4-5-9-27(22)37-29(23)34-16-6-8-26(34)28(35)20-11-13-21(14-12-20)33(2)3/h6,8,10-17,28H,4-5,7,9,18H2,1-3H3,(H,32,36). The number of aryl methyl sites for hydroxylation is 2. The van der Waals surface area contributed by atoms with E-state index in [0.29, 0.717) is 17.3 Å². The van der Waals surface area contributed by atoms with Crippen LogP contribution in [0.2, 0.25) is 5.02 Å². The molecule has 190 valence electrons. The van der Waals surface area contributed by atoms with Crippen molar-refractivity contribution in [1.29, 1.82) is 0 Å². The summed E-state index contributed by atoms with van der Waals surface area (Å²) in [4.78, 5) is 19.6. The first kappa shape index (κ1) is 24.1. The molecule has 0 radical (unpaired) electrons. The number of nitrogens with zero attached hydrogens (tertiary/aromatic N) is 3. The van der Waals surface area contributed by atoms with Gasteiger partial charge in [0.25, 0.3) is 0 Å². The Kier molecular flexibility index (Phi) is 6.25. The van der Waals surface area contributed by atoms with Crippen LogP contribution >= 0.6 is 22.9 Å². The second-order valence-corrected chi connectivity index (χ2v) is 11.7. The van der Waals surface area contributed by atoms with E-state index in [2.05, 4.69) is 57.4 Å². The molecule has 1 atom stereocenters. The van der Waals surface area contributed by atoms with Crippen molar-refractivity contribution < 1.29 is 4.79 Å². The Balaban J connectivity index is 1.48. The van der Waals surface area contributed by atoms with Crippen LogP contribution in [-0.4, -0.2) is 29.6 Å².